The number of hydrogen-bond donors (Lipinski definition) is 1. The van der Waals surface area contributed by atoms with Crippen LogP contribution in [0, 0.1) is 10.1 Å². The summed E-state index contributed by atoms with van der Waals surface area (Å²) in [6.07, 6.45) is 3.80. The average molecular weight is 353 g/mol. The molecule has 8 heteroatoms. The van der Waals surface area contributed by atoms with Crippen molar-refractivity contribution in [3.05, 3.63) is 38.6 Å². The van der Waals surface area contributed by atoms with Crippen molar-refractivity contribution in [2.24, 2.45) is 5.73 Å². The molecule has 0 radical (unpaired) electrons. The van der Waals surface area contributed by atoms with Crippen LogP contribution >= 0.6 is 15.9 Å². The SMILES string of the molecule is NC1(c2noc(-c3ccc([N+](=O)[O-])cc3Br)n2)CCCC1. The average Bonchev–Trinajstić information content (AvgIpc) is 3.08. The summed E-state index contributed by atoms with van der Waals surface area (Å²) in [5, 5.41) is 14.7. The fourth-order valence-corrected chi connectivity index (χ4v) is 3.09. The standard InChI is InChI=1S/C13H13BrN4O3/c14-10-7-8(18(19)20)3-4-9(10)11-16-12(17-21-11)13(15)5-1-2-6-13/h3-4,7H,1-2,5-6,15H2. The summed E-state index contributed by atoms with van der Waals surface area (Å²) >= 11 is 3.29. The van der Waals surface area contributed by atoms with Gasteiger partial charge in [0, 0.05) is 16.6 Å². The Morgan fingerprint density at radius 2 is 2.10 bits per heavy atom. The minimum absolute atomic E-state index is 0.00329. The number of benzene rings is 1. The van der Waals surface area contributed by atoms with Crippen molar-refractivity contribution < 1.29 is 9.45 Å². The normalized spacial score (nSPS) is 17.0. The Balaban J connectivity index is 1.95. The molecule has 1 aliphatic carbocycles. The number of nitro groups is 1. The number of nitrogens with zero attached hydrogens (tertiary/aromatic N) is 3. The van der Waals surface area contributed by atoms with Crippen LogP contribution in [-0.4, -0.2) is 15.1 Å². The van der Waals surface area contributed by atoms with Gasteiger partial charge in [-0.15, -0.1) is 0 Å². The van der Waals surface area contributed by atoms with Gasteiger partial charge < -0.3 is 10.3 Å². The van der Waals surface area contributed by atoms with E-state index >= 15 is 0 Å². The molecule has 0 saturated heterocycles. The molecule has 2 N–H and O–H groups in total. The van der Waals surface area contributed by atoms with Crippen LogP contribution in [0.4, 0.5) is 5.69 Å². The molecule has 110 valence electrons. The molecular formula is C13H13BrN4O3. The van der Waals surface area contributed by atoms with Crippen molar-refractivity contribution in [2.45, 2.75) is 31.2 Å². The lowest BCUT2D eigenvalue weighted by atomic mass is 9.99. The van der Waals surface area contributed by atoms with Gasteiger partial charge in [-0.3, -0.25) is 10.1 Å². The van der Waals surface area contributed by atoms with E-state index in [1.807, 2.05) is 0 Å². The Kier molecular flexibility index (Phi) is 3.50. The summed E-state index contributed by atoms with van der Waals surface area (Å²) in [6.45, 7) is 0. The van der Waals surface area contributed by atoms with E-state index in [9.17, 15) is 10.1 Å². The van der Waals surface area contributed by atoms with Crippen molar-refractivity contribution in [1.82, 2.24) is 10.1 Å². The van der Waals surface area contributed by atoms with Gasteiger partial charge in [0.15, 0.2) is 5.82 Å². The van der Waals surface area contributed by atoms with Crippen LogP contribution in [0.15, 0.2) is 27.2 Å². The van der Waals surface area contributed by atoms with Crippen LogP contribution in [0.2, 0.25) is 0 Å². The Labute approximate surface area is 128 Å². The zero-order valence-corrected chi connectivity index (χ0v) is 12.7. The van der Waals surface area contributed by atoms with E-state index < -0.39 is 10.5 Å². The molecule has 0 aliphatic heterocycles. The highest BCUT2D eigenvalue weighted by atomic mass is 79.9. The molecule has 1 fully saturated rings. The van der Waals surface area contributed by atoms with Gasteiger partial charge in [-0.05, 0) is 34.8 Å². The van der Waals surface area contributed by atoms with Gasteiger partial charge in [0.2, 0.25) is 0 Å². The highest BCUT2D eigenvalue weighted by molar-refractivity contribution is 9.10. The van der Waals surface area contributed by atoms with E-state index in [0.717, 1.165) is 25.7 Å². The molecule has 0 bridgehead atoms. The summed E-state index contributed by atoms with van der Waals surface area (Å²) in [5.74, 6) is 0.809. The lowest BCUT2D eigenvalue weighted by Crippen LogP contribution is -2.34. The van der Waals surface area contributed by atoms with Crippen LogP contribution in [0.25, 0.3) is 11.5 Å². The predicted molar refractivity (Wildman–Crippen MR) is 78.4 cm³/mol. The predicted octanol–water partition coefficient (Wildman–Crippen LogP) is 3.14. The van der Waals surface area contributed by atoms with Crippen molar-refractivity contribution in [1.29, 1.82) is 0 Å². The molecule has 0 spiro atoms. The molecule has 7 nitrogen and oxygen atoms in total. The maximum absolute atomic E-state index is 10.7. The highest BCUT2D eigenvalue weighted by Crippen LogP contribution is 2.36. The number of nitrogens with two attached hydrogens (primary N) is 1. The molecule has 1 aromatic heterocycles. The zero-order valence-electron chi connectivity index (χ0n) is 11.1. The first-order valence-corrected chi connectivity index (χ1v) is 7.36. The largest absolute Gasteiger partial charge is 0.334 e. The third-order valence-corrected chi connectivity index (χ3v) is 4.42. The summed E-state index contributed by atoms with van der Waals surface area (Å²) in [7, 11) is 0. The smallest absolute Gasteiger partial charge is 0.270 e. The fourth-order valence-electron chi connectivity index (χ4n) is 2.56. The molecule has 3 rings (SSSR count). The van der Waals surface area contributed by atoms with Crippen molar-refractivity contribution in [3.8, 4) is 11.5 Å². The maximum Gasteiger partial charge on any atom is 0.270 e. The summed E-state index contributed by atoms with van der Waals surface area (Å²) in [5.41, 5.74) is 6.38. The molecule has 2 aromatic rings. The van der Waals surface area contributed by atoms with Gasteiger partial charge in [0.25, 0.3) is 11.6 Å². The lowest BCUT2D eigenvalue weighted by Gasteiger charge is -2.17. The molecule has 1 aliphatic rings. The van der Waals surface area contributed by atoms with Crippen LogP contribution in [0.1, 0.15) is 31.5 Å². The summed E-state index contributed by atoms with van der Waals surface area (Å²) < 4.78 is 5.80. The number of non-ortho nitro benzene ring substituents is 1. The molecule has 1 saturated carbocycles. The number of halogens is 1. The van der Waals surface area contributed by atoms with Gasteiger partial charge in [0.1, 0.15) is 0 Å². The van der Waals surface area contributed by atoms with Gasteiger partial charge in [-0.2, -0.15) is 4.98 Å². The Morgan fingerprint density at radius 3 is 2.71 bits per heavy atom. The van der Waals surface area contributed by atoms with Gasteiger partial charge in [-0.1, -0.05) is 18.0 Å². The third kappa shape index (κ3) is 2.56. The molecule has 0 atom stereocenters. The molecule has 0 unspecified atom stereocenters. The second-order valence-electron chi connectivity index (χ2n) is 5.21. The topological polar surface area (TPSA) is 108 Å². The van der Waals surface area contributed by atoms with Crippen LogP contribution < -0.4 is 5.73 Å². The number of aromatic nitrogens is 2. The number of hydrogen-bond acceptors (Lipinski definition) is 6. The van der Waals surface area contributed by atoms with E-state index in [2.05, 4.69) is 26.1 Å². The monoisotopic (exact) mass is 352 g/mol. The first kappa shape index (κ1) is 14.2. The quantitative estimate of drug-likeness (QED) is 0.671. The highest BCUT2D eigenvalue weighted by Gasteiger charge is 2.36. The fraction of sp³-hybridized carbons (Fsp3) is 0.385. The van der Waals surface area contributed by atoms with E-state index in [0.29, 0.717) is 21.8 Å². The van der Waals surface area contributed by atoms with Crippen LogP contribution in [0.3, 0.4) is 0 Å². The Bertz CT molecular complexity index is 694. The summed E-state index contributed by atoms with van der Waals surface area (Å²) in [4.78, 5) is 14.6. The van der Waals surface area contributed by atoms with Gasteiger partial charge >= 0.3 is 0 Å². The molecule has 0 amide bonds. The van der Waals surface area contributed by atoms with Crippen molar-refractivity contribution in [2.75, 3.05) is 0 Å². The second kappa shape index (κ2) is 5.19. The van der Waals surface area contributed by atoms with Crippen molar-refractivity contribution >= 4 is 21.6 Å². The van der Waals surface area contributed by atoms with E-state index in [4.69, 9.17) is 10.3 Å². The maximum atomic E-state index is 10.7. The van der Waals surface area contributed by atoms with Crippen LogP contribution in [0.5, 0.6) is 0 Å². The lowest BCUT2D eigenvalue weighted by molar-refractivity contribution is -0.384. The van der Waals surface area contributed by atoms with Crippen LogP contribution in [-0.2, 0) is 5.54 Å². The molecule has 1 aromatic carbocycles. The zero-order chi connectivity index (χ0) is 15.0. The number of nitro benzene ring substituents is 1. The first-order chi connectivity index (χ1) is 9.99. The molecule has 21 heavy (non-hydrogen) atoms. The number of rotatable bonds is 3. The van der Waals surface area contributed by atoms with E-state index in [1.165, 1.54) is 12.1 Å². The molecular weight excluding hydrogens is 340 g/mol. The molecule has 1 heterocycles. The van der Waals surface area contributed by atoms with Crippen molar-refractivity contribution in [3.63, 3.8) is 0 Å². The minimum atomic E-state index is -0.519. The van der Waals surface area contributed by atoms with Gasteiger partial charge in [-0.25, -0.2) is 0 Å². The summed E-state index contributed by atoms with van der Waals surface area (Å²) in [6, 6.07) is 4.39. The second-order valence-corrected chi connectivity index (χ2v) is 6.06. The van der Waals surface area contributed by atoms with E-state index in [-0.39, 0.29) is 5.69 Å². The van der Waals surface area contributed by atoms with E-state index in [1.54, 1.807) is 6.07 Å². The minimum Gasteiger partial charge on any atom is -0.334 e. The first-order valence-electron chi connectivity index (χ1n) is 6.57. The third-order valence-electron chi connectivity index (χ3n) is 3.76. The van der Waals surface area contributed by atoms with Gasteiger partial charge in [0.05, 0.1) is 16.0 Å². The Hall–Kier alpha value is -1.80. The Morgan fingerprint density at radius 1 is 1.38 bits per heavy atom.